The molecule has 0 rings (SSSR count). The van der Waals surface area contributed by atoms with Gasteiger partial charge >= 0.3 is 5.97 Å². The predicted molar refractivity (Wildman–Crippen MR) is 53.8 cm³/mol. The molecular weight excluding hydrogens is 166 g/mol. The van der Waals surface area contributed by atoms with E-state index in [9.17, 15) is 4.79 Å². The molecule has 0 unspecified atom stereocenters. The molecule has 0 spiro atoms. The van der Waals surface area contributed by atoms with Gasteiger partial charge in [-0.1, -0.05) is 27.7 Å². The smallest absolute Gasteiger partial charge is 0.320 e. The maximum Gasteiger partial charge on any atom is 0.320 e. The van der Waals surface area contributed by atoms with Gasteiger partial charge in [0.1, 0.15) is 6.04 Å². The Hall–Kier alpha value is -0.570. The molecule has 3 nitrogen and oxygen atoms in total. The first-order chi connectivity index (χ1) is 5.79. The molecule has 0 fully saturated rings. The van der Waals surface area contributed by atoms with Gasteiger partial charge in [0.15, 0.2) is 0 Å². The van der Waals surface area contributed by atoms with Crippen LogP contribution in [-0.2, 0) is 4.79 Å². The number of carboxylic acids is 1. The Kier molecular flexibility index (Phi) is 4.40. The molecule has 0 amide bonds. The predicted octanol–water partition coefficient (Wildman–Crippen LogP) is 1.87. The van der Waals surface area contributed by atoms with Crippen molar-refractivity contribution in [2.45, 2.75) is 53.1 Å². The molecule has 0 aliphatic carbocycles. The quantitative estimate of drug-likeness (QED) is 0.706. The van der Waals surface area contributed by atoms with Crippen LogP contribution >= 0.6 is 0 Å². The van der Waals surface area contributed by atoms with Crippen molar-refractivity contribution in [3.63, 3.8) is 0 Å². The number of rotatable bonds is 4. The molecule has 2 atom stereocenters. The van der Waals surface area contributed by atoms with Gasteiger partial charge in [-0.15, -0.1) is 0 Å². The molecule has 0 aliphatic rings. The highest BCUT2D eigenvalue weighted by Crippen LogP contribution is 2.19. The molecule has 0 aliphatic heterocycles. The molecule has 78 valence electrons. The van der Waals surface area contributed by atoms with E-state index in [1.165, 1.54) is 0 Å². The maximum atomic E-state index is 10.7. The van der Waals surface area contributed by atoms with Crippen LogP contribution in [0.4, 0.5) is 0 Å². The number of hydrogen-bond acceptors (Lipinski definition) is 2. The van der Waals surface area contributed by atoms with Crippen molar-refractivity contribution in [3.8, 4) is 0 Å². The zero-order valence-corrected chi connectivity index (χ0v) is 9.22. The summed E-state index contributed by atoms with van der Waals surface area (Å²) in [6, 6.07) is -0.220. The van der Waals surface area contributed by atoms with Gasteiger partial charge in [0.05, 0.1) is 0 Å². The van der Waals surface area contributed by atoms with Crippen LogP contribution in [-0.4, -0.2) is 23.2 Å². The summed E-state index contributed by atoms with van der Waals surface area (Å²) < 4.78 is 0. The van der Waals surface area contributed by atoms with Crippen molar-refractivity contribution in [3.05, 3.63) is 0 Å². The Morgan fingerprint density at radius 3 is 2.15 bits per heavy atom. The fraction of sp³-hybridized carbons (Fsp3) is 0.900. The summed E-state index contributed by atoms with van der Waals surface area (Å²) in [5.41, 5.74) is 0.100. The normalized spacial score (nSPS) is 16.7. The van der Waals surface area contributed by atoms with Crippen LogP contribution < -0.4 is 5.32 Å². The summed E-state index contributed by atoms with van der Waals surface area (Å²) in [5.74, 6) is -0.765. The van der Waals surface area contributed by atoms with Gasteiger partial charge in [0.25, 0.3) is 0 Å². The van der Waals surface area contributed by atoms with E-state index in [1.807, 2.05) is 13.8 Å². The van der Waals surface area contributed by atoms with E-state index in [-0.39, 0.29) is 11.5 Å². The second-order valence-corrected chi connectivity index (χ2v) is 4.55. The molecule has 0 aromatic rings. The highest BCUT2D eigenvalue weighted by molar-refractivity contribution is 5.73. The van der Waals surface area contributed by atoms with E-state index in [1.54, 1.807) is 0 Å². The van der Waals surface area contributed by atoms with Crippen molar-refractivity contribution >= 4 is 5.97 Å². The maximum absolute atomic E-state index is 10.7. The van der Waals surface area contributed by atoms with Gasteiger partial charge in [-0.3, -0.25) is 4.79 Å². The minimum atomic E-state index is -0.765. The zero-order valence-electron chi connectivity index (χ0n) is 9.22. The molecule has 0 aromatic heterocycles. The number of aliphatic carboxylic acids is 1. The minimum Gasteiger partial charge on any atom is -0.480 e. The van der Waals surface area contributed by atoms with Crippen molar-refractivity contribution in [2.24, 2.45) is 5.41 Å². The summed E-state index contributed by atoms with van der Waals surface area (Å²) in [6.45, 7) is 10.2. The van der Waals surface area contributed by atoms with Crippen LogP contribution in [0.3, 0.4) is 0 Å². The fourth-order valence-corrected chi connectivity index (χ4v) is 0.916. The SMILES string of the molecule is CC[C@H](N[C@H](C)C(C)(C)C)C(=O)O. The summed E-state index contributed by atoms with van der Waals surface area (Å²) in [4.78, 5) is 10.7. The standard InChI is InChI=1S/C10H21NO2/c1-6-8(9(12)13)11-7(2)10(3,4)5/h7-8,11H,6H2,1-5H3,(H,12,13)/t7-,8+/m1/s1. The first kappa shape index (κ1) is 12.4. The third-order valence-electron chi connectivity index (χ3n) is 2.46. The first-order valence-corrected chi connectivity index (χ1v) is 4.78. The molecule has 13 heavy (non-hydrogen) atoms. The highest BCUT2D eigenvalue weighted by Gasteiger charge is 2.24. The fourth-order valence-electron chi connectivity index (χ4n) is 0.916. The second-order valence-electron chi connectivity index (χ2n) is 4.55. The van der Waals surface area contributed by atoms with Gasteiger partial charge in [0.2, 0.25) is 0 Å². The average molecular weight is 187 g/mol. The number of carbonyl (C=O) groups is 1. The van der Waals surface area contributed by atoms with Crippen LogP contribution in [0.2, 0.25) is 0 Å². The van der Waals surface area contributed by atoms with Crippen LogP contribution in [0.5, 0.6) is 0 Å². The van der Waals surface area contributed by atoms with Gasteiger partial charge < -0.3 is 10.4 Å². The molecular formula is C10H21NO2. The molecule has 0 saturated heterocycles. The van der Waals surface area contributed by atoms with Crippen LogP contribution in [0.15, 0.2) is 0 Å². The van der Waals surface area contributed by atoms with Gasteiger partial charge in [0, 0.05) is 6.04 Å². The van der Waals surface area contributed by atoms with Gasteiger partial charge in [-0.05, 0) is 18.8 Å². The molecule has 0 radical (unpaired) electrons. The molecule has 0 saturated carbocycles. The lowest BCUT2D eigenvalue weighted by molar-refractivity contribution is -0.139. The molecule has 3 heteroatoms. The molecule has 2 N–H and O–H groups in total. The van der Waals surface area contributed by atoms with Crippen molar-refractivity contribution < 1.29 is 9.90 Å². The molecule has 0 aromatic carbocycles. The average Bonchev–Trinajstić information content (AvgIpc) is 1.96. The number of nitrogens with one attached hydrogen (secondary N) is 1. The van der Waals surface area contributed by atoms with Crippen LogP contribution in [0.25, 0.3) is 0 Å². The third-order valence-corrected chi connectivity index (χ3v) is 2.46. The third kappa shape index (κ3) is 4.27. The summed E-state index contributed by atoms with van der Waals surface area (Å²) >= 11 is 0. The van der Waals surface area contributed by atoms with E-state index in [4.69, 9.17) is 5.11 Å². The Labute approximate surface area is 80.5 Å². The number of hydrogen-bond donors (Lipinski definition) is 2. The van der Waals surface area contributed by atoms with Gasteiger partial charge in [-0.25, -0.2) is 0 Å². The van der Waals surface area contributed by atoms with Crippen LogP contribution in [0, 0.1) is 5.41 Å². The lowest BCUT2D eigenvalue weighted by atomic mass is 9.87. The van der Waals surface area contributed by atoms with Crippen molar-refractivity contribution in [1.82, 2.24) is 5.32 Å². The Bertz CT molecular complexity index is 172. The summed E-state index contributed by atoms with van der Waals surface area (Å²) in [7, 11) is 0. The topological polar surface area (TPSA) is 49.3 Å². The number of carboxylic acid groups (broad SMARTS) is 1. The van der Waals surface area contributed by atoms with Crippen molar-refractivity contribution in [2.75, 3.05) is 0 Å². The van der Waals surface area contributed by atoms with E-state index in [2.05, 4.69) is 26.1 Å². The highest BCUT2D eigenvalue weighted by atomic mass is 16.4. The van der Waals surface area contributed by atoms with E-state index >= 15 is 0 Å². The van der Waals surface area contributed by atoms with E-state index < -0.39 is 12.0 Å². The Morgan fingerprint density at radius 2 is 1.92 bits per heavy atom. The summed E-state index contributed by atoms with van der Waals surface area (Å²) in [6.07, 6.45) is 0.621. The van der Waals surface area contributed by atoms with E-state index in [0.29, 0.717) is 6.42 Å². The molecule has 0 bridgehead atoms. The van der Waals surface area contributed by atoms with Gasteiger partial charge in [-0.2, -0.15) is 0 Å². The lowest BCUT2D eigenvalue weighted by Crippen LogP contribution is -2.47. The van der Waals surface area contributed by atoms with Crippen LogP contribution in [0.1, 0.15) is 41.0 Å². The largest absolute Gasteiger partial charge is 0.480 e. The molecule has 0 heterocycles. The van der Waals surface area contributed by atoms with Crippen molar-refractivity contribution in [1.29, 1.82) is 0 Å². The summed E-state index contributed by atoms with van der Waals surface area (Å²) in [5, 5.41) is 11.9. The van der Waals surface area contributed by atoms with E-state index in [0.717, 1.165) is 0 Å². The Morgan fingerprint density at radius 1 is 1.46 bits per heavy atom. The monoisotopic (exact) mass is 187 g/mol. The second kappa shape index (κ2) is 4.61. The first-order valence-electron chi connectivity index (χ1n) is 4.78. The Balaban J connectivity index is 4.17. The minimum absolute atomic E-state index is 0.100. The lowest BCUT2D eigenvalue weighted by Gasteiger charge is -2.30. The zero-order chi connectivity index (χ0) is 10.6.